The molecule has 0 aliphatic carbocycles. The molecule has 15 heavy (non-hydrogen) atoms. The fraction of sp³-hybridized carbons (Fsp3) is 0.500. The first-order valence-electron chi connectivity index (χ1n) is 5.06. The summed E-state index contributed by atoms with van der Waals surface area (Å²) in [6.07, 6.45) is 0. The number of nitrogens with two attached hydrogens (primary N) is 1. The average molecular weight is 271 g/mol. The molecule has 0 aliphatic heterocycles. The number of hydrogen-bond donors (Lipinski definition) is 1. The fourth-order valence-electron chi connectivity index (χ4n) is 1.63. The molecule has 0 radical (unpaired) electrons. The van der Waals surface area contributed by atoms with Crippen molar-refractivity contribution in [3.05, 3.63) is 22.7 Å². The van der Waals surface area contributed by atoms with E-state index in [1.54, 1.807) is 0 Å². The second-order valence-corrected chi connectivity index (χ2v) is 5.98. The normalized spacial score (nSPS) is 11.5. The zero-order valence-electron chi connectivity index (χ0n) is 9.84. The monoisotopic (exact) mass is 270 g/mol. The highest BCUT2D eigenvalue weighted by Crippen LogP contribution is 2.29. The Bertz CT molecular complexity index is 342. The summed E-state index contributed by atoms with van der Waals surface area (Å²) in [6.45, 7) is 7.70. The van der Waals surface area contributed by atoms with Crippen LogP contribution in [0.4, 0.5) is 11.4 Å². The van der Waals surface area contributed by atoms with Crippen molar-refractivity contribution in [1.29, 1.82) is 0 Å². The van der Waals surface area contributed by atoms with Gasteiger partial charge in [-0.2, -0.15) is 0 Å². The number of rotatable bonds is 2. The Kier molecular flexibility index (Phi) is 3.66. The molecule has 0 aromatic heterocycles. The minimum atomic E-state index is 0.287. The minimum absolute atomic E-state index is 0.287. The van der Waals surface area contributed by atoms with Crippen molar-refractivity contribution in [3.63, 3.8) is 0 Å². The lowest BCUT2D eigenvalue weighted by Crippen LogP contribution is -2.29. The van der Waals surface area contributed by atoms with Crippen molar-refractivity contribution < 1.29 is 0 Å². The maximum absolute atomic E-state index is 5.71. The second kappa shape index (κ2) is 4.44. The number of halogens is 1. The van der Waals surface area contributed by atoms with Gasteiger partial charge in [0.25, 0.3) is 0 Å². The van der Waals surface area contributed by atoms with E-state index in [0.29, 0.717) is 0 Å². The predicted molar refractivity (Wildman–Crippen MR) is 71.3 cm³/mol. The molecule has 0 aliphatic rings. The number of anilines is 2. The highest BCUT2D eigenvalue weighted by Gasteiger charge is 2.15. The van der Waals surface area contributed by atoms with Crippen molar-refractivity contribution in [2.45, 2.75) is 20.8 Å². The molecule has 2 nitrogen and oxygen atoms in total. The van der Waals surface area contributed by atoms with Crippen LogP contribution in [0.15, 0.2) is 22.7 Å². The third kappa shape index (κ3) is 3.74. The zero-order valence-corrected chi connectivity index (χ0v) is 11.4. The van der Waals surface area contributed by atoms with Gasteiger partial charge in [0.1, 0.15) is 0 Å². The average Bonchev–Trinajstić information content (AvgIpc) is 1.99. The molecule has 1 rings (SSSR count). The van der Waals surface area contributed by atoms with E-state index in [0.717, 1.165) is 16.7 Å². The van der Waals surface area contributed by atoms with Crippen LogP contribution in [0.2, 0.25) is 0 Å². The quantitative estimate of drug-likeness (QED) is 0.834. The van der Waals surface area contributed by atoms with Gasteiger partial charge >= 0.3 is 0 Å². The van der Waals surface area contributed by atoms with Crippen molar-refractivity contribution in [1.82, 2.24) is 0 Å². The van der Waals surface area contributed by atoms with Gasteiger partial charge in [0.05, 0.1) is 5.69 Å². The van der Waals surface area contributed by atoms with Crippen LogP contribution < -0.4 is 10.6 Å². The Balaban J connectivity index is 2.87. The van der Waals surface area contributed by atoms with Crippen LogP contribution in [-0.4, -0.2) is 13.6 Å². The summed E-state index contributed by atoms with van der Waals surface area (Å²) in [5.41, 5.74) is 7.96. The summed E-state index contributed by atoms with van der Waals surface area (Å²) in [4.78, 5) is 2.24. The third-order valence-corrected chi connectivity index (χ3v) is 2.73. The lowest BCUT2D eigenvalue weighted by molar-refractivity contribution is 0.419. The Hall–Kier alpha value is -0.700. The van der Waals surface area contributed by atoms with Crippen LogP contribution in [0.5, 0.6) is 0 Å². The largest absolute Gasteiger partial charge is 0.399 e. The van der Waals surface area contributed by atoms with E-state index in [1.165, 1.54) is 5.69 Å². The van der Waals surface area contributed by atoms with Crippen LogP contribution >= 0.6 is 15.9 Å². The molecular weight excluding hydrogens is 252 g/mol. The van der Waals surface area contributed by atoms with Gasteiger partial charge in [0.15, 0.2) is 0 Å². The summed E-state index contributed by atoms with van der Waals surface area (Å²) in [6, 6.07) is 5.92. The smallest absolute Gasteiger partial charge is 0.0509 e. The second-order valence-electron chi connectivity index (χ2n) is 5.13. The molecule has 0 heterocycles. The maximum atomic E-state index is 5.71. The van der Waals surface area contributed by atoms with E-state index in [1.807, 2.05) is 18.2 Å². The van der Waals surface area contributed by atoms with Crippen LogP contribution in [0, 0.1) is 5.41 Å². The van der Waals surface area contributed by atoms with Crippen LogP contribution in [0.1, 0.15) is 20.8 Å². The first-order chi connectivity index (χ1) is 6.79. The summed E-state index contributed by atoms with van der Waals surface area (Å²) in [5, 5.41) is 0. The Morgan fingerprint density at radius 1 is 1.33 bits per heavy atom. The molecule has 0 bridgehead atoms. The lowest BCUT2D eigenvalue weighted by atomic mass is 9.96. The number of benzene rings is 1. The van der Waals surface area contributed by atoms with Gasteiger partial charge in [0, 0.05) is 23.8 Å². The summed E-state index contributed by atoms with van der Waals surface area (Å²) in [7, 11) is 2.10. The molecule has 1 aromatic carbocycles. The molecular formula is C12H19BrN2. The molecule has 2 N–H and O–H groups in total. The van der Waals surface area contributed by atoms with E-state index >= 15 is 0 Å². The highest BCUT2D eigenvalue weighted by atomic mass is 79.9. The summed E-state index contributed by atoms with van der Waals surface area (Å²) < 4.78 is 1.05. The number of hydrogen-bond acceptors (Lipinski definition) is 2. The van der Waals surface area contributed by atoms with Crippen molar-refractivity contribution in [2.75, 3.05) is 24.2 Å². The standard InChI is InChI=1S/C12H19BrN2/c1-12(2,3)8-15(4)11-6-5-9(14)7-10(11)13/h5-7H,8,14H2,1-4H3. The Labute approximate surface area is 101 Å². The molecule has 0 spiro atoms. The Morgan fingerprint density at radius 3 is 2.40 bits per heavy atom. The molecule has 3 heteroatoms. The van der Waals surface area contributed by atoms with Crippen molar-refractivity contribution in [3.8, 4) is 0 Å². The van der Waals surface area contributed by atoms with Gasteiger partial charge in [-0.3, -0.25) is 0 Å². The SMILES string of the molecule is CN(CC(C)(C)C)c1ccc(N)cc1Br. The molecule has 0 saturated heterocycles. The van der Waals surface area contributed by atoms with E-state index in [2.05, 4.69) is 48.6 Å². The maximum Gasteiger partial charge on any atom is 0.0509 e. The van der Waals surface area contributed by atoms with Gasteiger partial charge in [0.2, 0.25) is 0 Å². The fourth-order valence-corrected chi connectivity index (χ4v) is 2.33. The number of nitrogens with zero attached hydrogens (tertiary/aromatic N) is 1. The molecule has 0 atom stereocenters. The van der Waals surface area contributed by atoms with Gasteiger partial charge in [-0.15, -0.1) is 0 Å². The van der Waals surface area contributed by atoms with Crippen molar-refractivity contribution in [2.24, 2.45) is 5.41 Å². The van der Waals surface area contributed by atoms with E-state index in [9.17, 15) is 0 Å². The molecule has 1 aromatic rings. The first-order valence-corrected chi connectivity index (χ1v) is 5.85. The molecule has 0 fully saturated rings. The van der Waals surface area contributed by atoms with Crippen molar-refractivity contribution >= 4 is 27.3 Å². The predicted octanol–water partition coefficient (Wildman–Crippen LogP) is 3.51. The van der Waals surface area contributed by atoms with Crippen LogP contribution in [-0.2, 0) is 0 Å². The van der Waals surface area contributed by atoms with E-state index in [-0.39, 0.29) is 5.41 Å². The first kappa shape index (κ1) is 12.4. The van der Waals surface area contributed by atoms with Crippen LogP contribution in [0.3, 0.4) is 0 Å². The Morgan fingerprint density at radius 2 is 1.93 bits per heavy atom. The lowest BCUT2D eigenvalue weighted by Gasteiger charge is -2.29. The molecule has 0 saturated carbocycles. The molecule has 0 amide bonds. The number of nitrogen functional groups attached to an aromatic ring is 1. The topological polar surface area (TPSA) is 29.3 Å². The van der Waals surface area contributed by atoms with E-state index in [4.69, 9.17) is 5.73 Å². The van der Waals surface area contributed by atoms with Crippen LogP contribution in [0.25, 0.3) is 0 Å². The van der Waals surface area contributed by atoms with E-state index < -0.39 is 0 Å². The minimum Gasteiger partial charge on any atom is -0.399 e. The molecule has 0 unspecified atom stereocenters. The van der Waals surface area contributed by atoms with Gasteiger partial charge in [-0.1, -0.05) is 20.8 Å². The van der Waals surface area contributed by atoms with Gasteiger partial charge in [-0.05, 0) is 39.5 Å². The summed E-state index contributed by atoms with van der Waals surface area (Å²) in [5.74, 6) is 0. The van der Waals surface area contributed by atoms with Gasteiger partial charge in [-0.25, -0.2) is 0 Å². The highest BCUT2D eigenvalue weighted by molar-refractivity contribution is 9.10. The van der Waals surface area contributed by atoms with Gasteiger partial charge < -0.3 is 10.6 Å². The molecule has 84 valence electrons. The zero-order chi connectivity index (χ0) is 11.6. The third-order valence-electron chi connectivity index (χ3n) is 2.09. The summed E-state index contributed by atoms with van der Waals surface area (Å²) >= 11 is 3.53.